The highest BCUT2D eigenvalue weighted by molar-refractivity contribution is 6.02. The summed E-state index contributed by atoms with van der Waals surface area (Å²) in [4.78, 5) is 32.4. The van der Waals surface area contributed by atoms with Crippen LogP contribution in [0.3, 0.4) is 0 Å². The first-order valence-electron chi connectivity index (χ1n) is 9.80. The Morgan fingerprint density at radius 2 is 2.20 bits per heavy atom. The normalized spacial score (nSPS) is 14.6. The van der Waals surface area contributed by atoms with E-state index in [4.69, 9.17) is 14.5 Å². The van der Waals surface area contributed by atoms with Gasteiger partial charge in [-0.25, -0.2) is 4.98 Å². The molecule has 0 spiro atoms. The van der Waals surface area contributed by atoms with Crippen molar-refractivity contribution in [3.05, 3.63) is 45.4 Å². The molecule has 9 nitrogen and oxygen atoms in total. The lowest BCUT2D eigenvalue weighted by atomic mass is 10.1. The predicted octanol–water partition coefficient (Wildman–Crippen LogP) is 0.899. The topological polar surface area (TPSA) is 109 Å². The number of amides is 1. The first-order chi connectivity index (χ1) is 14.6. The highest BCUT2D eigenvalue weighted by Gasteiger charge is 2.21. The van der Waals surface area contributed by atoms with E-state index < -0.39 is 5.91 Å². The van der Waals surface area contributed by atoms with Gasteiger partial charge in [-0.2, -0.15) is 5.26 Å². The number of anilines is 1. The molecule has 1 N–H and O–H groups in total. The monoisotopic (exact) mass is 411 g/mol. The average Bonchev–Trinajstić information content (AvgIpc) is 2.77. The molecule has 0 aliphatic carbocycles. The van der Waals surface area contributed by atoms with Gasteiger partial charge in [-0.15, -0.1) is 0 Å². The molecule has 1 fully saturated rings. The second-order valence-electron chi connectivity index (χ2n) is 6.91. The van der Waals surface area contributed by atoms with Crippen LogP contribution in [0.1, 0.15) is 17.5 Å². The minimum Gasteiger partial charge on any atom is -0.385 e. The first-order valence-corrected chi connectivity index (χ1v) is 9.80. The van der Waals surface area contributed by atoms with E-state index in [0.717, 1.165) is 5.56 Å². The van der Waals surface area contributed by atoms with E-state index in [1.54, 1.807) is 19.4 Å². The van der Waals surface area contributed by atoms with Crippen LogP contribution in [-0.4, -0.2) is 61.9 Å². The van der Waals surface area contributed by atoms with Gasteiger partial charge in [-0.1, -0.05) is 6.07 Å². The lowest BCUT2D eigenvalue weighted by Gasteiger charge is -2.29. The molecule has 3 heterocycles. The van der Waals surface area contributed by atoms with Gasteiger partial charge in [-0.3, -0.25) is 14.0 Å². The van der Waals surface area contributed by atoms with E-state index in [1.165, 1.54) is 10.5 Å². The molecule has 1 aliphatic heterocycles. The molecule has 3 rings (SSSR count). The Hall–Kier alpha value is -3.22. The van der Waals surface area contributed by atoms with Crippen LogP contribution < -0.4 is 15.8 Å². The van der Waals surface area contributed by atoms with E-state index in [0.29, 0.717) is 57.3 Å². The predicted molar refractivity (Wildman–Crippen MR) is 112 cm³/mol. The molecular formula is C21H25N5O4. The summed E-state index contributed by atoms with van der Waals surface area (Å²) in [6, 6.07) is 5.56. The number of hydrogen-bond donors (Lipinski definition) is 1. The summed E-state index contributed by atoms with van der Waals surface area (Å²) in [5.41, 5.74) is 1.14. The number of fused-ring (bicyclic) bond motifs is 1. The highest BCUT2D eigenvalue weighted by Crippen LogP contribution is 2.21. The molecule has 0 aromatic carbocycles. The third kappa shape index (κ3) is 4.67. The summed E-state index contributed by atoms with van der Waals surface area (Å²) >= 11 is 0. The number of rotatable bonds is 7. The summed E-state index contributed by atoms with van der Waals surface area (Å²) in [6.45, 7) is 4.93. The van der Waals surface area contributed by atoms with Crippen LogP contribution in [0.2, 0.25) is 0 Å². The van der Waals surface area contributed by atoms with Crippen molar-refractivity contribution in [1.82, 2.24) is 14.7 Å². The number of hydrogen-bond acceptors (Lipinski definition) is 7. The Kier molecular flexibility index (Phi) is 7.17. The van der Waals surface area contributed by atoms with Gasteiger partial charge in [0.2, 0.25) is 0 Å². The first kappa shape index (κ1) is 21.5. The summed E-state index contributed by atoms with van der Waals surface area (Å²) in [5.74, 6) is -0.0761. The van der Waals surface area contributed by atoms with E-state index in [-0.39, 0.29) is 16.7 Å². The van der Waals surface area contributed by atoms with Crippen LogP contribution in [0.5, 0.6) is 0 Å². The molecule has 0 bridgehead atoms. The van der Waals surface area contributed by atoms with E-state index >= 15 is 0 Å². The summed E-state index contributed by atoms with van der Waals surface area (Å²) in [6.07, 6.45) is 3.59. The van der Waals surface area contributed by atoms with Crippen LogP contribution >= 0.6 is 0 Å². The van der Waals surface area contributed by atoms with Crippen LogP contribution in [0.25, 0.3) is 11.7 Å². The SMILES string of the molecule is COCCCNC(=O)/C(C#N)=C\c1c(N2CCOCC2)nc2c(C)cccn2c1=O. The zero-order valence-corrected chi connectivity index (χ0v) is 17.2. The summed E-state index contributed by atoms with van der Waals surface area (Å²) < 4.78 is 11.8. The van der Waals surface area contributed by atoms with Gasteiger partial charge in [0.15, 0.2) is 0 Å². The third-order valence-electron chi connectivity index (χ3n) is 4.84. The van der Waals surface area contributed by atoms with Crippen molar-refractivity contribution in [2.45, 2.75) is 13.3 Å². The Labute approximate surface area is 174 Å². The summed E-state index contributed by atoms with van der Waals surface area (Å²) in [7, 11) is 1.58. The van der Waals surface area contributed by atoms with Crippen molar-refractivity contribution in [2.75, 3.05) is 51.5 Å². The number of pyridine rings is 1. The largest absolute Gasteiger partial charge is 0.385 e. The van der Waals surface area contributed by atoms with Crippen LogP contribution in [-0.2, 0) is 14.3 Å². The summed E-state index contributed by atoms with van der Waals surface area (Å²) in [5, 5.41) is 12.2. The Balaban J connectivity index is 2.07. The van der Waals surface area contributed by atoms with Crippen LogP contribution in [0, 0.1) is 18.3 Å². The maximum absolute atomic E-state index is 13.3. The van der Waals surface area contributed by atoms with Gasteiger partial charge in [0.25, 0.3) is 11.5 Å². The number of ether oxygens (including phenoxy) is 2. The number of nitrogens with zero attached hydrogens (tertiary/aromatic N) is 4. The lowest BCUT2D eigenvalue weighted by molar-refractivity contribution is -0.117. The Bertz CT molecular complexity index is 1050. The van der Waals surface area contributed by atoms with Gasteiger partial charge in [-0.05, 0) is 31.1 Å². The van der Waals surface area contributed by atoms with Crippen molar-refractivity contribution < 1.29 is 14.3 Å². The van der Waals surface area contributed by atoms with Crippen LogP contribution in [0.4, 0.5) is 5.82 Å². The number of carbonyl (C=O) groups is 1. The molecule has 2 aromatic heterocycles. The minimum atomic E-state index is -0.532. The molecule has 30 heavy (non-hydrogen) atoms. The quantitative estimate of drug-likeness (QED) is 0.410. The van der Waals surface area contributed by atoms with Gasteiger partial charge >= 0.3 is 0 Å². The number of aryl methyl sites for hydroxylation is 1. The smallest absolute Gasteiger partial charge is 0.267 e. The number of nitriles is 1. The molecule has 1 aliphatic rings. The van der Waals surface area contributed by atoms with Gasteiger partial charge in [0, 0.05) is 39.5 Å². The molecule has 0 saturated carbocycles. The molecule has 0 radical (unpaired) electrons. The Morgan fingerprint density at radius 1 is 1.43 bits per heavy atom. The molecule has 0 atom stereocenters. The number of aromatic nitrogens is 2. The second-order valence-corrected chi connectivity index (χ2v) is 6.91. The molecular weight excluding hydrogens is 386 g/mol. The molecule has 0 unspecified atom stereocenters. The molecule has 9 heteroatoms. The zero-order valence-electron chi connectivity index (χ0n) is 17.2. The molecule has 1 saturated heterocycles. The van der Waals surface area contributed by atoms with Crippen molar-refractivity contribution in [1.29, 1.82) is 5.26 Å². The number of morpholine rings is 1. The zero-order chi connectivity index (χ0) is 21.5. The van der Waals surface area contributed by atoms with Crippen LogP contribution in [0.15, 0.2) is 28.7 Å². The van der Waals surface area contributed by atoms with E-state index in [1.807, 2.05) is 24.0 Å². The standard InChI is InChI=1S/C21H25N5O4/c1-15-5-3-7-26-18(15)24-19(25-8-11-30-12-9-25)17(21(26)28)13-16(14-22)20(27)23-6-4-10-29-2/h3,5,7,13H,4,6,8-12H2,1-2H3,(H,23,27)/b16-13-. The van der Waals surface area contributed by atoms with E-state index in [2.05, 4.69) is 5.32 Å². The third-order valence-corrected chi connectivity index (χ3v) is 4.84. The van der Waals surface area contributed by atoms with Gasteiger partial charge < -0.3 is 19.7 Å². The van der Waals surface area contributed by atoms with Gasteiger partial charge in [0.05, 0.1) is 18.8 Å². The molecule has 1 amide bonds. The fourth-order valence-electron chi connectivity index (χ4n) is 3.25. The van der Waals surface area contributed by atoms with Crippen molar-refractivity contribution >= 4 is 23.4 Å². The van der Waals surface area contributed by atoms with Crippen molar-refractivity contribution in [3.63, 3.8) is 0 Å². The Morgan fingerprint density at radius 3 is 2.90 bits per heavy atom. The van der Waals surface area contributed by atoms with Gasteiger partial charge in [0.1, 0.15) is 23.1 Å². The van der Waals surface area contributed by atoms with E-state index in [9.17, 15) is 14.9 Å². The molecule has 2 aromatic rings. The number of nitrogens with one attached hydrogen (secondary N) is 1. The maximum atomic E-state index is 13.3. The average molecular weight is 411 g/mol. The fourth-order valence-corrected chi connectivity index (χ4v) is 3.25. The molecule has 158 valence electrons. The second kappa shape index (κ2) is 10.0. The van der Waals surface area contributed by atoms with Crippen molar-refractivity contribution in [2.24, 2.45) is 0 Å². The van der Waals surface area contributed by atoms with Crippen molar-refractivity contribution in [3.8, 4) is 6.07 Å². The fraction of sp³-hybridized carbons (Fsp3) is 0.429. The highest BCUT2D eigenvalue weighted by atomic mass is 16.5. The maximum Gasteiger partial charge on any atom is 0.267 e. The minimum absolute atomic E-state index is 0.145. The number of carbonyl (C=O) groups excluding carboxylic acids is 1. The lowest BCUT2D eigenvalue weighted by Crippen LogP contribution is -2.39. The number of methoxy groups -OCH3 is 1.